The zero-order chi connectivity index (χ0) is 11.7. The molecule has 1 atom stereocenters. The first kappa shape index (κ1) is 11.7. The third-order valence-electron chi connectivity index (χ3n) is 2.53. The number of halogens is 1. The molecule has 0 spiro atoms. The lowest BCUT2D eigenvalue weighted by Gasteiger charge is -2.15. The highest BCUT2D eigenvalue weighted by Gasteiger charge is 2.30. The molecule has 16 heavy (non-hydrogen) atoms. The summed E-state index contributed by atoms with van der Waals surface area (Å²) in [6.07, 6.45) is 0.532. The van der Waals surface area contributed by atoms with E-state index < -0.39 is 0 Å². The summed E-state index contributed by atoms with van der Waals surface area (Å²) in [4.78, 5) is 21.6. The minimum atomic E-state index is 0.0771. The molecule has 1 aromatic rings. The number of aromatic nitrogens is 2. The molecule has 0 bridgehead atoms. The number of carbonyl (C=O) groups excluding carboxylic acids is 1. The zero-order valence-corrected chi connectivity index (χ0v) is 10.5. The Bertz CT molecular complexity index is 406. The summed E-state index contributed by atoms with van der Waals surface area (Å²) < 4.78 is 0. The third kappa shape index (κ3) is 2.30. The predicted octanol–water partition coefficient (Wildman–Crippen LogP) is 1.72. The van der Waals surface area contributed by atoms with E-state index in [1.165, 1.54) is 0 Å². The Morgan fingerprint density at radius 1 is 1.62 bits per heavy atom. The smallest absolute Gasteiger partial charge is 0.228 e. The minimum absolute atomic E-state index is 0.0771. The van der Waals surface area contributed by atoms with E-state index in [2.05, 4.69) is 22.6 Å². The summed E-state index contributed by atoms with van der Waals surface area (Å²) in [6.45, 7) is 2.42. The van der Waals surface area contributed by atoms with E-state index in [9.17, 15) is 4.79 Å². The molecule has 0 aromatic carbocycles. The monoisotopic (exact) mass is 257 g/mol. The van der Waals surface area contributed by atoms with Crippen LogP contribution in [0.3, 0.4) is 0 Å². The van der Waals surface area contributed by atoms with Gasteiger partial charge in [-0.25, -0.2) is 9.97 Å². The van der Waals surface area contributed by atoms with E-state index in [1.54, 1.807) is 17.9 Å². The quantitative estimate of drug-likeness (QED) is 0.648. The van der Waals surface area contributed by atoms with Gasteiger partial charge in [-0.05, 0) is 18.6 Å². The zero-order valence-electron chi connectivity index (χ0n) is 8.85. The van der Waals surface area contributed by atoms with Crippen LogP contribution < -0.4 is 4.90 Å². The van der Waals surface area contributed by atoms with E-state index in [1.807, 2.05) is 0 Å². The first-order valence-electron chi connectivity index (χ1n) is 5.02. The summed E-state index contributed by atoms with van der Waals surface area (Å²) in [6, 6.07) is 1.62. The molecule has 1 saturated heterocycles. The normalized spacial score (nSPS) is 20.6. The van der Waals surface area contributed by atoms with Gasteiger partial charge in [-0.1, -0.05) is 11.6 Å². The van der Waals surface area contributed by atoms with Gasteiger partial charge < -0.3 is 0 Å². The first-order chi connectivity index (χ1) is 7.60. The predicted molar refractivity (Wildman–Crippen MR) is 66.1 cm³/mol. The van der Waals surface area contributed by atoms with Crippen molar-refractivity contribution < 1.29 is 4.79 Å². The lowest BCUT2D eigenvalue weighted by Crippen LogP contribution is -2.26. The first-order valence-corrected chi connectivity index (χ1v) is 6.03. The van der Waals surface area contributed by atoms with Gasteiger partial charge >= 0.3 is 0 Å². The number of hydrogen-bond donors (Lipinski definition) is 1. The molecular weight excluding hydrogens is 246 g/mol. The molecule has 1 aliphatic rings. The van der Waals surface area contributed by atoms with Gasteiger partial charge in [0.2, 0.25) is 5.91 Å². The maximum Gasteiger partial charge on any atom is 0.228 e. The van der Waals surface area contributed by atoms with Gasteiger partial charge in [-0.3, -0.25) is 9.69 Å². The molecule has 0 saturated carbocycles. The number of anilines is 1. The van der Waals surface area contributed by atoms with Crippen LogP contribution in [0.15, 0.2) is 6.07 Å². The van der Waals surface area contributed by atoms with Crippen LogP contribution in [-0.2, 0) is 4.79 Å². The molecular formula is C10H12ClN3OS. The number of hydrogen-bond acceptors (Lipinski definition) is 4. The molecule has 0 radical (unpaired) electrons. The van der Waals surface area contributed by atoms with E-state index in [-0.39, 0.29) is 5.91 Å². The Labute approximate surface area is 104 Å². The molecule has 0 aliphatic carbocycles. The maximum absolute atomic E-state index is 11.8. The fraction of sp³-hybridized carbons (Fsp3) is 0.500. The van der Waals surface area contributed by atoms with Crippen molar-refractivity contribution in [1.82, 2.24) is 9.97 Å². The molecule has 2 rings (SSSR count). The lowest BCUT2D eigenvalue weighted by molar-refractivity contribution is -0.117. The average molecular weight is 258 g/mol. The molecule has 2 heterocycles. The minimum Gasteiger partial charge on any atom is -0.296 e. The van der Waals surface area contributed by atoms with Gasteiger partial charge in [-0.2, -0.15) is 12.6 Å². The van der Waals surface area contributed by atoms with Crippen LogP contribution >= 0.6 is 24.2 Å². The Hall–Kier alpha value is -0.810. The van der Waals surface area contributed by atoms with Gasteiger partial charge in [-0.15, -0.1) is 0 Å². The number of amides is 1. The number of nitrogens with zero attached hydrogens (tertiary/aromatic N) is 3. The fourth-order valence-electron chi connectivity index (χ4n) is 1.78. The van der Waals surface area contributed by atoms with Crippen LogP contribution in [0.4, 0.5) is 5.82 Å². The van der Waals surface area contributed by atoms with Crippen molar-refractivity contribution in [3.05, 3.63) is 17.0 Å². The van der Waals surface area contributed by atoms with Gasteiger partial charge in [0.05, 0.1) is 0 Å². The summed E-state index contributed by atoms with van der Waals surface area (Å²) in [5.41, 5.74) is 0. The second-order valence-corrected chi connectivity index (χ2v) is 4.61. The van der Waals surface area contributed by atoms with Crippen molar-refractivity contribution >= 4 is 36.0 Å². The molecule has 0 N–H and O–H groups in total. The van der Waals surface area contributed by atoms with E-state index in [0.29, 0.717) is 41.4 Å². The van der Waals surface area contributed by atoms with Crippen molar-refractivity contribution in [3.63, 3.8) is 0 Å². The summed E-state index contributed by atoms with van der Waals surface area (Å²) in [5, 5.41) is 0.365. The highest BCUT2D eigenvalue weighted by Crippen LogP contribution is 2.25. The second-order valence-electron chi connectivity index (χ2n) is 3.85. The summed E-state index contributed by atoms with van der Waals surface area (Å²) in [5.74, 6) is 2.24. The topological polar surface area (TPSA) is 46.1 Å². The van der Waals surface area contributed by atoms with Crippen LogP contribution in [0.2, 0.25) is 5.15 Å². The Morgan fingerprint density at radius 2 is 2.38 bits per heavy atom. The molecule has 6 heteroatoms. The largest absolute Gasteiger partial charge is 0.296 e. The van der Waals surface area contributed by atoms with E-state index in [4.69, 9.17) is 11.6 Å². The Kier molecular flexibility index (Phi) is 3.35. The summed E-state index contributed by atoms with van der Waals surface area (Å²) >= 11 is 10.1. The highest BCUT2D eigenvalue weighted by atomic mass is 35.5. The molecule has 1 aromatic heterocycles. The summed E-state index contributed by atoms with van der Waals surface area (Å²) in [7, 11) is 0. The average Bonchev–Trinajstić information content (AvgIpc) is 2.58. The molecule has 1 amide bonds. The fourth-order valence-corrected chi connectivity index (χ4v) is 2.24. The van der Waals surface area contributed by atoms with Crippen molar-refractivity contribution in [2.75, 3.05) is 17.2 Å². The number of carbonyl (C=O) groups is 1. The molecule has 86 valence electrons. The highest BCUT2D eigenvalue weighted by molar-refractivity contribution is 7.80. The molecule has 1 unspecified atom stereocenters. The lowest BCUT2D eigenvalue weighted by atomic mass is 10.1. The van der Waals surface area contributed by atoms with Crippen LogP contribution in [-0.4, -0.2) is 28.2 Å². The number of rotatable bonds is 2. The van der Waals surface area contributed by atoms with Crippen LogP contribution in [0.25, 0.3) is 0 Å². The Balaban J connectivity index is 2.27. The number of thiol groups is 1. The Morgan fingerprint density at radius 3 is 2.94 bits per heavy atom. The van der Waals surface area contributed by atoms with Gasteiger partial charge in [0.1, 0.15) is 16.8 Å². The van der Waals surface area contributed by atoms with Crippen molar-refractivity contribution in [3.8, 4) is 0 Å². The van der Waals surface area contributed by atoms with Crippen molar-refractivity contribution in [2.45, 2.75) is 13.3 Å². The van der Waals surface area contributed by atoms with Gasteiger partial charge in [0.15, 0.2) is 0 Å². The van der Waals surface area contributed by atoms with E-state index >= 15 is 0 Å². The molecule has 1 fully saturated rings. The third-order valence-corrected chi connectivity index (χ3v) is 3.24. The van der Waals surface area contributed by atoms with Crippen molar-refractivity contribution in [1.29, 1.82) is 0 Å². The van der Waals surface area contributed by atoms with E-state index in [0.717, 1.165) is 0 Å². The standard InChI is InChI=1S/C10H12ClN3OS/c1-6-12-8(11)3-9(13-6)14-4-7(5-16)2-10(14)15/h3,7,16H,2,4-5H2,1H3. The second kappa shape index (κ2) is 4.59. The molecule has 1 aliphatic heterocycles. The number of aryl methyl sites for hydroxylation is 1. The van der Waals surface area contributed by atoms with Crippen LogP contribution in [0.1, 0.15) is 12.2 Å². The SMILES string of the molecule is Cc1nc(Cl)cc(N2CC(CS)CC2=O)n1. The molecule has 4 nitrogen and oxygen atoms in total. The van der Waals surface area contributed by atoms with Crippen LogP contribution in [0.5, 0.6) is 0 Å². The van der Waals surface area contributed by atoms with Crippen molar-refractivity contribution in [2.24, 2.45) is 5.92 Å². The van der Waals surface area contributed by atoms with Gasteiger partial charge in [0, 0.05) is 19.0 Å². The van der Waals surface area contributed by atoms with Crippen LogP contribution in [0, 0.1) is 12.8 Å². The maximum atomic E-state index is 11.8. The van der Waals surface area contributed by atoms with Gasteiger partial charge in [0.25, 0.3) is 0 Å².